The third kappa shape index (κ3) is 3.60. The average molecular weight is 125 g/mol. The van der Waals surface area contributed by atoms with E-state index in [2.05, 4.69) is 11.2 Å². The molecule has 0 aromatic heterocycles. The highest BCUT2D eigenvalue weighted by atomic mass is 16.1. The maximum atomic E-state index is 10.4. The summed E-state index contributed by atoms with van der Waals surface area (Å²) in [5.41, 5.74) is 0. The Labute approximate surface area is 55.6 Å². The molecule has 0 heterocycles. The maximum absolute atomic E-state index is 10.4. The number of carbonyl (C=O) groups excluding carboxylic acids is 1. The van der Waals surface area contributed by atoms with Crippen LogP contribution in [0.3, 0.4) is 0 Å². The van der Waals surface area contributed by atoms with Crippen LogP contribution in [0.25, 0.3) is 0 Å². The number of nitrogens with one attached hydrogen (secondary N) is 1. The highest BCUT2D eigenvalue weighted by molar-refractivity contribution is 5.73. The van der Waals surface area contributed by atoms with Crippen molar-refractivity contribution in [2.75, 3.05) is 0 Å². The molecule has 0 radical (unpaired) electrons. The molecule has 0 aliphatic heterocycles. The van der Waals surface area contributed by atoms with E-state index in [4.69, 9.17) is 6.42 Å². The lowest BCUT2D eigenvalue weighted by Gasteiger charge is -2.06. The first-order valence-electron chi connectivity index (χ1n) is 2.94. The van der Waals surface area contributed by atoms with E-state index in [1.165, 1.54) is 6.92 Å². The van der Waals surface area contributed by atoms with Gasteiger partial charge in [0.1, 0.15) is 0 Å². The van der Waals surface area contributed by atoms with Crippen LogP contribution in [0.15, 0.2) is 0 Å². The van der Waals surface area contributed by atoms with Crippen molar-refractivity contribution in [3.63, 3.8) is 0 Å². The fourth-order valence-corrected chi connectivity index (χ4v) is 0.507. The Balaban J connectivity index is 3.60. The van der Waals surface area contributed by atoms with E-state index >= 15 is 0 Å². The Morgan fingerprint density at radius 1 is 1.89 bits per heavy atom. The molecule has 0 fully saturated rings. The lowest BCUT2D eigenvalue weighted by Crippen LogP contribution is -2.30. The maximum Gasteiger partial charge on any atom is 0.217 e. The molecule has 2 nitrogen and oxygen atoms in total. The van der Waals surface area contributed by atoms with Crippen LogP contribution in [0.4, 0.5) is 0 Å². The average Bonchev–Trinajstić information content (AvgIpc) is 1.82. The zero-order valence-corrected chi connectivity index (χ0v) is 5.77. The second-order valence-corrected chi connectivity index (χ2v) is 1.83. The van der Waals surface area contributed by atoms with Crippen LogP contribution in [0.1, 0.15) is 20.3 Å². The van der Waals surface area contributed by atoms with Crippen LogP contribution >= 0.6 is 0 Å². The van der Waals surface area contributed by atoms with Crippen molar-refractivity contribution < 1.29 is 4.79 Å². The number of hydrogen-bond acceptors (Lipinski definition) is 1. The minimum Gasteiger partial charge on any atom is -0.343 e. The summed E-state index contributed by atoms with van der Waals surface area (Å²) >= 11 is 0. The first-order valence-corrected chi connectivity index (χ1v) is 2.94. The zero-order valence-electron chi connectivity index (χ0n) is 5.77. The normalized spacial score (nSPS) is 11.7. The molecule has 0 aliphatic rings. The minimum absolute atomic E-state index is 0.0696. The molecular weight excluding hydrogens is 114 g/mol. The van der Waals surface area contributed by atoms with Gasteiger partial charge in [0, 0.05) is 6.92 Å². The first-order chi connectivity index (χ1) is 4.20. The predicted molar refractivity (Wildman–Crippen MR) is 36.7 cm³/mol. The van der Waals surface area contributed by atoms with Crippen molar-refractivity contribution in [1.29, 1.82) is 0 Å². The van der Waals surface area contributed by atoms with E-state index < -0.39 is 0 Å². The molecule has 0 rings (SSSR count). The third-order valence-corrected chi connectivity index (χ3v) is 0.987. The molecule has 0 spiro atoms. The molecular formula is C7H11NO. The van der Waals surface area contributed by atoms with Gasteiger partial charge in [-0.3, -0.25) is 4.79 Å². The third-order valence-electron chi connectivity index (χ3n) is 0.987. The lowest BCUT2D eigenvalue weighted by molar-refractivity contribution is -0.119. The van der Waals surface area contributed by atoms with Crippen molar-refractivity contribution in [3.8, 4) is 12.3 Å². The molecule has 1 amide bonds. The van der Waals surface area contributed by atoms with Crippen LogP contribution < -0.4 is 5.32 Å². The summed E-state index contributed by atoms with van der Waals surface area (Å²) in [6, 6.07) is -0.0949. The van der Waals surface area contributed by atoms with E-state index in [1.54, 1.807) is 0 Å². The van der Waals surface area contributed by atoms with Crippen molar-refractivity contribution in [2.45, 2.75) is 26.3 Å². The molecule has 0 unspecified atom stereocenters. The highest BCUT2D eigenvalue weighted by Crippen LogP contribution is 1.85. The van der Waals surface area contributed by atoms with Crippen molar-refractivity contribution in [2.24, 2.45) is 0 Å². The summed E-state index contributed by atoms with van der Waals surface area (Å²) in [7, 11) is 0. The quantitative estimate of drug-likeness (QED) is 0.536. The molecule has 2 heteroatoms. The summed E-state index contributed by atoms with van der Waals surface area (Å²) in [6.45, 7) is 3.39. The molecule has 0 bridgehead atoms. The van der Waals surface area contributed by atoms with Gasteiger partial charge in [0.05, 0.1) is 6.04 Å². The van der Waals surface area contributed by atoms with Gasteiger partial charge in [-0.15, -0.1) is 6.42 Å². The Morgan fingerprint density at radius 2 is 2.44 bits per heavy atom. The van der Waals surface area contributed by atoms with Gasteiger partial charge in [0.2, 0.25) is 5.91 Å². The van der Waals surface area contributed by atoms with Crippen LogP contribution in [0, 0.1) is 12.3 Å². The van der Waals surface area contributed by atoms with Gasteiger partial charge >= 0.3 is 0 Å². The topological polar surface area (TPSA) is 29.1 Å². The summed E-state index contributed by atoms with van der Waals surface area (Å²) in [4.78, 5) is 10.4. The van der Waals surface area contributed by atoms with E-state index in [9.17, 15) is 4.79 Å². The molecule has 1 atom stereocenters. The largest absolute Gasteiger partial charge is 0.343 e. The standard InChI is InChI=1S/C7H11NO/c1-4-7(5-2)8-6(3)9/h1,7H,5H2,2-3H3,(H,8,9)/t7-/m1/s1. The predicted octanol–water partition coefficient (Wildman–Crippen LogP) is 0.534. The smallest absolute Gasteiger partial charge is 0.217 e. The van der Waals surface area contributed by atoms with Crippen LogP contribution in [0.2, 0.25) is 0 Å². The van der Waals surface area contributed by atoms with Crippen LogP contribution in [-0.4, -0.2) is 11.9 Å². The number of amides is 1. The van der Waals surface area contributed by atoms with E-state index in [-0.39, 0.29) is 11.9 Å². The molecule has 50 valence electrons. The SMILES string of the molecule is C#C[C@H](CC)NC(C)=O. The Morgan fingerprint density at radius 3 is 2.56 bits per heavy atom. The Bertz CT molecular complexity index is 134. The molecule has 9 heavy (non-hydrogen) atoms. The van der Waals surface area contributed by atoms with Gasteiger partial charge in [0.15, 0.2) is 0 Å². The zero-order chi connectivity index (χ0) is 7.28. The Hall–Kier alpha value is -0.970. The highest BCUT2D eigenvalue weighted by Gasteiger charge is 2.00. The number of carbonyl (C=O) groups is 1. The van der Waals surface area contributed by atoms with E-state index in [1.807, 2.05) is 6.92 Å². The molecule has 0 aromatic carbocycles. The lowest BCUT2D eigenvalue weighted by atomic mass is 10.2. The molecule has 0 saturated heterocycles. The summed E-state index contributed by atoms with van der Waals surface area (Å²) in [5.74, 6) is 2.38. The summed E-state index contributed by atoms with van der Waals surface area (Å²) in [6.07, 6.45) is 5.85. The van der Waals surface area contributed by atoms with Crippen molar-refractivity contribution in [1.82, 2.24) is 5.32 Å². The van der Waals surface area contributed by atoms with E-state index in [0.29, 0.717) is 0 Å². The number of hydrogen-bond donors (Lipinski definition) is 1. The first kappa shape index (κ1) is 8.03. The number of rotatable bonds is 2. The van der Waals surface area contributed by atoms with Crippen molar-refractivity contribution in [3.05, 3.63) is 0 Å². The second kappa shape index (κ2) is 3.96. The fourth-order valence-electron chi connectivity index (χ4n) is 0.507. The summed E-state index contributed by atoms with van der Waals surface area (Å²) < 4.78 is 0. The summed E-state index contributed by atoms with van der Waals surface area (Å²) in [5, 5.41) is 2.60. The fraction of sp³-hybridized carbons (Fsp3) is 0.571. The number of terminal acetylenes is 1. The molecule has 1 N–H and O–H groups in total. The van der Waals surface area contributed by atoms with Gasteiger partial charge in [-0.2, -0.15) is 0 Å². The van der Waals surface area contributed by atoms with Gasteiger partial charge in [-0.1, -0.05) is 12.8 Å². The van der Waals surface area contributed by atoms with Gasteiger partial charge < -0.3 is 5.32 Å². The molecule has 0 aromatic rings. The minimum atomic E-state index is -0.0949. The van der Waals surface area contributed by atoms with Crippen molar-refractivity contribution >= 4 is 5.91 Å². The monoisotopic (exact) mass is 125 g/mol. The van der Waals surface area contributed by atoms with Gasteiger partial charge in [-0.05, 0) is 6.42 Å². The second-order valence-electron chi connectivity index (χ2n) is 1.83. The van der Waals surface area contributed by atoms with Crippen LogP contribution in [0.5, 0.6) is 0 Å². The van der Waals surface area contributed by atoms with Crippen LogP contribution in [-0.2, 0) is 4.79 Å². The molecule has 0 saturated carbocycles. The van der Waals surface area contributed by atoms with Gasteiger partial charge in [-0.25, -0.2) is 0 Å². The van der Waals surface area contributed by atoms with Gasteiger partial charge in [0.25, 0.3) is 0 Å². The molecule has 0 aliphatic carbocycles. The van der Waals surface area contributed by atoms with E-state index in [0.717, 1.165) is 6.42 Å². The Kier molecular flexibility index (Phi) is 3.54.